The van der Waals surface area contributed by atoms with Gasteiger partial charge in [-0.25, -0.2) is 0 Å². The van der Waals surface area contributed by atoms with Gasteiger partial charge in [0.25, 0.3) is 0 Å². The first kappa shape index (κ1) is 34.0. The van der Waals surface area contributed by atoms with Crippen LogP contribution in [0.15, 0.2) is 224 Å². The molecule has 1 heterocycles. The second kappa shape index (κ2) is 14.4. The topological polar surface area (TPSA) is 3.24 Å². The molecule has 0 N–H and O–H groups in total. The van der Waals surface area contributed by atoms with E-state index >= 15 is 0 Å². The van der Waals surface area contributed by atoms with Gasteiger partial charge in [0.15, 0.2) is 0 Å². The monoisotopic (exact) mass is 755 g/mol. The molecule has 2 heteroatoms. The highest BCUT2D eigenvalue weighted by molar-refractivity contribution is 7.26. The smallest absolute Gasteiger partial charge is 0.0476 e. The fraction of sp³-hybridized carbons (Fsp3) is 0. The fourth-order valence-corrected chi connectivity index (χ4v) is 9.83. The number of benzene rings is 10. The second-order valence-electron chi connectivity index (χ2n) is 14.9. The maximum absolute atomic E-state index is 2.43. The largest absolute Gasteiger partial charge is 0.310 e. The zero-order chi connectivity index (χ0) is 38.4. The van der Waals surface area contributed by atoms with Gasteiger partial charge in [0.05, 0.1) is 0 Å². The van der Waals surface area contributed by atoms with E-state index in [-0.39, 0.29) is 0 Å². The first-order valence-corrected chi connectivity index (χ1v) is 20.6. The van der Waals surface area contributed by atoms with Crippen LogP contribution in [0.4, 0.5) is 17.1 Å². The summed E-state index contributed by atoms with van der Waals surface area (Å²) in [6.07, 6.45) is 0. The Kier molecular flexibility index (Phi) is 8.42. The predicted molar refractivity (Wildman–Crippen MR) is 251 cm³/mol. The lowest BCUT2D eigenvalue weighted by Gasteiger charge is -2.26. The third kappa shape index (κ3) is 6.03. The Labute approximate surface area is 342 Å². The van der Waals surface area contributed by atoms with Crippen molar-refractivity contribution in [3.8, 4) is 44.5 Å². The molecule has 0 bridgehead atoms. The second-order valence-corrected chi connectivity index (χ2v) is 15.9. The van der Waals surface area contributed by atoms with Crippen LogP contribution in [0, 0.1) is 0 Å². The highest BCUT2D eigenvalue weighted by atomic mass is 32.1. The summed E-state index contributed by atoms with van der Waals surface area (Å²) in [5.41, 5.74) is 13.2. The molecule has 0 saturated carbocycles. The zero-order valence-electron chi connectivity index (χ0n) is 31.7. The average molecular weight is 756 g/mol. The van der Waals surface area contributed by atoms with E-state index in [2.05, 4.69) is 229 Å². The van der Waals surface area contributed by atoms with Crippen molar-refractivity contribution in [3.05, 3.63) is 224 Å². The molecule has 58 heavy (non-hydrogen) atoms. The molecule has 0 spiro atoms. The van der Waals surface area contributed by atoms with Gasteiger partial charge in [0.1, 0.15) is 0 Å². The van der Waals surface area contributed by atoms with Crippen molar-refractivity contribution in [3.63, 3.8) is 0 Å². The zero-order valence-corrected chi connectivity index (χ0v) is 32.5. The molecule has 0 aliphatic heterocycles. The molecule has 1 nitrogen and oxygen atoms in total. The van der Waals surface area contributed by atoms with Crippen molar-refractivity contribution in [1.82, 2.24) is 0 Å². The number of rotatable bonds is 7. The molecule has 0 saturated heterocycles. The van der Waals surface area contributed by atoms with Gasteiger partial charge < -0.3 is 4.90 Å². The minimum absolute atomic E-state index is 1.11. The van der Waals surface area contributed by atoms with Crippen LogP contribution in [0.5, 0.6) is 0 Å². The highest BCUT2D eigenvalue weighted by Crippen LogP contribution is 2.46. The van der Waals surface area contributed by atoms with Gasteiger partial charge in [-0.3, -0.25) is 0 Å². The summed E-state index contributed by atoms with van der Waals surface area (Å²) in [4.78, 5) is 2.39. The molecule has 272 valence electrons. The maximum atomic E-state index is 2.43. The summed E-state index contributed by atoms with van der Waals surface area (Å²) < 4.78 is 2.60. The summed E-state index contributed by atoms with van der Waals surface area (Å²) in [6.45, 7) is 0. The summed E-state index contributed by atoms with van der Waals surface area (Å²) in [5, 5.41) is 7.70. The van der Waals surface area contributed by atoms with E-state index in [1.54, 1.807) is 0 Å². The van der Waals surface area contributed by atoms with Crippen LogP contribution in [-0.2, 0) is 0 Å². The highest BCUT2D eigenvalue weighted by Gasteiger charge is 2.18. The fourth-order valence-electron chi connectivity index (χ4n) is 8.58. The van der Waals surface area contributed by atoms with Crippen LogP contribution >= 0.6 is 11.3 Å². The number of anilines is 3. The third-order valence-corrected chi connectivity index (χ3v) is 12.7. The number of thiophene rings is 1. The molecular formula is C56H37NS. The lowest BCUT2D eigenvalue weighted by molar-refractivity contribution is 1.29. The first-order valence-electron chi connectivity index (χ1n) is 19.8. The molecule has 0 aliphatic carbocycles. The molecular weight excluding hydrogens is 719 g/mol. The Hall–Kier alpha value is -7.26. The number of nitrogens with zero attached hydrogens (tertiary/aromatic N) is 1. The van der Waals surface area contributed by atoms with Gasteiger partial charge in [-0.05, 0) is 103 Å². The van der Waals surface area contributed by atoms with Crippen molar-refractivity contribution in [2.75, 3.05) is 4.90 Å². The predicted octanol–water partition coefficient (Wildman–Crippen LogP) is 16.5. The Morgan fingerprint density at radius 1 is 0.276 bits per heavy atom. The minimum Gasteiger partial charge on any atom is -0.310 e. The first-order chi connectivity index (χ1) is 28.7. The Morgan fingerprint density at radius 2 is 0.741 bits per heavy atom. The van der Waals surface area contributed by atoms with Crippen LogP contribution in [-0.4, -0.2) is 0 Å². The maximum Gasteiger partial charge on any atom is 0.0476 e. The minimum atomic E-state index is 1.11. The van der Waals surface area contributed by atoms with E-state index in [4.69, 9.17) is 0 Å². The van der Waals surface area contributed by atoms with Crippen molar-refractivity contribution in [1.29, 1.82) is 0 Å². The van der Waals surface area contributed by atoms with Gasteiger partial charge in [0, 0.05) is 42.6 Å². The molecule has 11 aromatic rings. The SMILES string of the molecule is c1ccc(-c2ccc(-c3ccc(N(c4ccc(-c5ccccc5)cc4)c4ccc5c(c4)sc4c6ccccc6c(-c6cccc7ccccc67)cc54)cc3)cc2)cc1. The van der Waals surface area contributed by atoms with Crippen LogP contribution in [0.25, 0.3) is 86.2 Å². The molecule has 0 fully saturated rings. The van der Waals surface area contributed by atoms with Crippen LogP contribution < -0.4 is 4.90 Å². The van der Waals surface area contributed by atoms with E-state index in [0.717, 1.165) is 17.1 Å². The summed E-state index contributed by atoms with van der Waals surface area (Å²) in [7, 11) is 0. The molecule has 0 aliphatic rings. The quantitative estimate of drug-likeness (QED) is 0.157. The molecule has 1 aromatic heterocycles. The number of hydrogen-bond donors (Lipinski definition) is 0. The normalized spacial score (nSPS) is 11.4. The Balaban J connectivity index is 1.03. The van der Waals surface area contributed by atoms with Gasteiger partial charge in [0.2, 0.25) is 0 Å². The molecule has 0 unspecified atom stereocenters. The lowest BCUT2D eigenvalue weighted by Crippen LogP contribution is -2.09. The van der Waals surface area contributed by atoms with E-state index in [1.807, 2.05) is 11.3 Å². The summed E-state index contributed by atoms with van der Waals surface area (Å²) in [6, 6.07) is 81.8. The van der Waals surface area contributed by atoms with E-state index in [9.17, 15) is 0 Å². The van der Waals surface area contributed by atoms with Crippen LogP contribution in [0.1, 0.15) is 0 Å². The van der Waals surface area contributed by atoms with Crippen molar-refractivity contribution in [2.45, 2.75) is 0 Å². The molecule has 0 amide bonds. The molecule has 10 aromatic carbocycles. The summed E-state index contributed by atoms with van der Waals surface area (Å²) >= 11 is 1.89. The summed E-state index contributed by atoms with van der Waals surface area (Å²) in [5.74, 6) is 0. The van der Waals surface area contributed by atoms with Crippen molar-refractivity contribution >= 4 is 70.1 Å². The molecule has 0 atom stereocenters. The van der Waals surface area contributed by atoms with Gasteiger partial charge in [-0.1, -0.05) is 182 Å². The van der Waals surface area contributed by atoms with Gasteiger partial charge >= 0.3 is 0 Å². The standard InChI is InChI=1S/C56H37NS/c1-3-12-38(13-4-1)40-22-24-41(25-23-40)43-28-32-46(33-29-43)57(45-30-26-42(27-31-45)39-14-5-2-6-15-39)47-34-35-51-54-37-53(49-21-11-17-44-16-7-8-18-48(44)49)50-19-9-10-20-52(50)56(54)58-55(51)36-47/h1-37H. The Bertz CT molecular complexity index is 3230. The van der Waals surface area contributed by atoms with Gasteiger partial charge in [-0.15, -0.1) is 11.3 Å². The third-order valence-electron chi connectivity index (χ3n) is 11.5. The van der Waals surface area contributed by atoms with Gasteiger partial charge in [-0.2, -0.15) is 0 Å². The Morgan fingerprint density at radius 3 is 1.34 bits per heavy atom. The molecule has 0 radical (unpaired) electrons. The van der Waals surface area contributed by atoms with E-state index in [0.29, 0.717) is 0 Å². The number of hydrogen-bond acceptors (Lipinski definition) is 2. The lowest BCUT2D eigenvalue weighted by atomic mass is 9.92. The van der Waals surface area contributed by atoms with Crippen molar-refractivity contribution < 1.29 is 0 Å². The van der Waals surface area contributed by atoms with E-state index in [1.165, 1.54) is 86.2 Å². The molecule has 11 rings (SSSR count). The average Bonchev–Trinajstić information content (AvgIpc) is 3.68. The van der Waals surface area contributed by atoms with E-state index < -0.39 is 0 Å². The van der Waals surface area contributed by atoms with Crippen molar-refractivity contribution in [2.24, 2.45) is 0 Å². The number of fused-ring (bicyclic) bond motifs is 6. The van der Waals surface area contributed by atoms with Crippen LogP contribution in [0.2, 0.25) is 0 Å². The van der Waals surface area contributed by atoms with Crippen LogP contribution in [0.3, 0.4) is 0 Å².